The molecule has 0 unspecified atom stereocenters. The molecule has 88 valence electrons. The van der Waals surface area contributed by atoms with Gasteiger partial charge in [-0.25, -0.2) is 9.97 Å². The molecule has 0 saturated heterocycles. The molecule has 4 nitrogen and oxygen atoms in total. The molecule has 0 amide bonds. The average molecular weight is 242 g/mol. The lowest BCUT2D eigenvalue weighted by molar-refractivity contribution is 0.0166. The van der Waals surface area contributed by atoms with E-state index < -0.39 is 5.60 Å². The first kappa shape index (κ1) is 11.6. The molecule has 0 aliphatic heterocycles. The topological polar surface area (TPSA) is 58.0 Å². The van der Waals surface area contributed by atoms with Gasteiger partial charge in [0.15, 0.2) is 11.0 Å². The summed E-state index contributed by atoms with van der Waals surface area (Å²) in [6, 6.07) is 0. The van der Waals surface area contributed by atoms with Gasteiger partial charge in [-0.05, 0) is 12.8 Å². The van der Waals surface area contributed by atoms with Crippen molar-refractivity contribution in [2.75, 3.05) is 11.9 Å². The zero-order chi connectivity index (χ0) is 11.4. The van der Waals surface area contributed by atoms with Crippen LogP contribution in [0.25, 0.3) is 0 Å². The fourth-order valence-corrected chi connectivity index (χ4v) is 2.25. The van der Waals surface area contributed by atoms with Gasteiger partial charge in [-0.15, -0.1) is 0 Å². The fourth-order valence-electron chi connectivity index (χ4n) is 2.07. The molecule has 1 saturated carbocycles. The molecule has 0 bridgehead atoms. The van der Waals surface area contributed by atoms with E-state index in [1.54, 1.807) is 12.4 Å². The standard InChI is InChI=1S/C11H16ClN3O/c12-9-10(14-7-6-13-9)15-8-11(16)4-2-1-3-5-11/h6-7,16H,1-5,8H2,(H,14,15). The number of hydrogen-bond donors (Lipinski definition) is 2. The first-order chi connectivity index (χ1) is 7.70. The van der Waals surface area contributed by atoms with E-state index >= 15 is 0 Å². The summed E-state index contributed by atoms with van der Waals surface area (Å²) in [5, 5.41) is 13.7. The highest BCUT2D eigenvalue weighted by Gasteiger charge is 2.29. The number of aliphatic hydroxyl groups is 1. The lowest BCUT2D eigenvalue weighted by Gasteiger charge is -2.32. The van der Waals surface area contributed by atoms with Crippen LogP contribution in [0.1, 0.15) is 32.1 Å². The van der Waals surface area contributed by atoms with Gasteiger partial charge < -0.3 is 10.4 Å². The Balaban J connectivity index is 1.94. The lowest BCUT2D eigenvalue weighted by Crippen LogP contribution is -2.39. The zero-order valence-electron chi connectivity index (χ0n) is 9.12. The minimum absolute atomic E-state index is 0.349. The number of anilines is 1. The van der Waals surface area contributed by atoms with Gasteiger partial charge in [-0.3, -0.25) is 0 Å². The van der Waals surface area contributed by atoms with Crippen LogP contribution in [0, 0.1) is 0 Å². The Hall–Kier alpha value is -0.870. The maximum absolute atomic E-state index is 10.3. The van der Waals surface area contributed by atoms with Crippen molar-refractivity contribution in [3.63, 3.8) is 0 Å². The third kappa shape index (κ3) is 2.83. The van der Waals surface area contributed by atoms with Crippen molar-refractivity contribution < 1.29 is 5.11 Å². The quantitative estimate of drug-likeness (QED) is 0.852. The van der Waals surface area contributed by atoms with Crippen LogP contribution in [0.3, 0.4) is 0 Å². The summed E-state index contributed by atoms with van der Waals surface area (Å²) in [5.74, 6) is 0.545. The molecule has 0 aromatic carbocycles. The third-order valence-electron chi connectivity index (χ3n) is 3.02. The zero-order valence-corrected chi connectivity index (χ0v) is 9.87. The molecule has 0 spiro atoms. The molecule has 2 rings (SSSR count). The second kappa shape index (κ2) is 4.97. The number of rotatable bonds is 3. The van der Waals surface area contributed by atoms with E-state index in [1.807, 2.05) is 0 Å². The van der Waals surface area contributed by atoms with E-state index in [-0.39, 0.29) is 0 Å². The molecule has 0 atom stereocenters. The SMILES string of the molecule is OC1(CNc2nccnc2Cl)CCCCC1. The largest absolute Gasteiger partial charge is 0.388 e. The Morgan fingerprint density at radius 2 is 1.94 bits per heavy atom. The van der Waals surface area contributed by atoms with Gasteiger partial charge in [-0.1, -0.05) is 30.9 Å². The van der Waals surface area contributed by atoms with Crippen molar-refractivity contribution in [3.8, 4) is 0 Å². The predicted octanol–water partition coefficient (Wildman–Crippen LogP) is 2.24. The molecule has 1 aliphatic carbocycles. The van der Waals surface area contributed by atoms with Crippen LogP contribution in [0.4, 0.5) is 5.82 Å². The summed E-state index contributed by atoms with van der Waals surface area (Å²) in [6.45, 7) is 0.491. The summed E-state index contributed by atoms with van der Waals surface area (Å²) in [6.07, 6.45) is 8.21. The van der Waals surface area contributed by atoms with Crippen LogP contribution in [0.2, 0.25) is 5.15 Å². The van der Waals surface area contributed by atoms with Crippen molar-refractivity contribution in [3.05, 3.63) is 17.5 Å². The minimum Gasteiger partial charge on any atom is -0.388 e. The van der Waals surface area contributed by atoms with E-state index in [0.29, 0.717) is 17.5 Å². The average Bonchev–Trinajstić information content (AvgIpc) is 2.29. The number of halogens is 1. The van der Waals surface area contributed by atoms with Crippen LogP contribution in [0.5, 0.6) is 0 Å². The van der Waals surface area contributed by atoms with E-state index in [0.717, 1.165) is 25.7 Å². The van der Waals surface area contributed by atoms with Crippen LogP contribution in [0.15, 0.2) is 12.4 Å². The number of hydrogen-bond acceptors (Lipinski definition) is 4. The number of nitrogens with zero attached hydrogens (tertiary/aromatic N) is 2. The normalized spacial score (nSPS) is 19.4. The highest BCUT2D eigenvalue weighted by Crippen LogP contribution is 2.28. The summed E-state index contributed by atoms with van der Waals surface area (Å²) in [4.78, 5) is 8.00. The van der Waals surface area contributed by atoms with Crippen LogP contribution in [-0.4, -0.2) is 27.2 Å². The molecule has 1 aromatic rings. The van der Waals surface area contributed by atoms with E-state index in [4.69, 9.17) is 11.6 Å². The van der Waals surface area contributed by atoms with E-state index in [2.05, 4.69) is 15.3 Å². The predicted molar refractivity (Wildman–Crippen MR) is 63.6 cm³/mol. The smallest absolute Gasteiger partial charge is 0.171 e. The Labute approximate surface area is 100 Å². The van der Waals surface area contributed by atoms with Crippen LogP contribution >= 0.6 is 11.6 Å². The fraction of sp³-hybridized carbons (Fsp3) is 0.636. The molecular formula is C11H16ClN3O. The van der Waals surface area contributed by atoms with E-state index in [9.17, 15) is 5.11 Å². The Kier molecular flexibility index (Phi) is 3.61. The van der Waals surface area contributed by atoms with E-state index in [1.165, 1.54) is 6.42 Å². The summed E-state index contributed by atoms with van der Waals surface area (Å²) < 4.78 is 0. The molecule has 1 aliphatic rings. The van der Waals surface area contributed by atoms with Crippen molar-refractivity contribution in [2.45, 2.75) is 37.7 Å². The molecule has 5 heteroatoms. The summed E-state index contributed by atoms with van der Waals surface area (Å²) in [5.41, 5.74) is -0.612. The highest BCUT2D eigenvalue weighted by atomic mass is 35.5. The van der Waals surface area contributed by atoms with Crippen molar-refractivity contribution in [2.24, 2.45) is 0 Å². The Bertz CT molecular complexity index is 353. The van der Waals surface area contributed by atoms with Crippen molar-refractivity contribution >= 4 is 17.4 Å². The molecule has 2 N–H and O–H groups in total. The third-order valence-corrected chi connectivity index (χ3v) is 3.30. The molecular weight excluding hydrogens is 226 g/mol. The summed E-state index contributed by atoms with van der Waals surface area (Å²) in [7, 11) is 0. The molecule has 1 fully saturated rings. The van der Waals surface area contributed by atoms with Gasteiger partial charge in [-0.2, -0.15) is 0 Å². The second-order valence-electron chi connectivity index (χ2n) is 4.33. The van der Waals surface area contributed by atoms with Crippen molar-refractivity contribution in [1.29, 1.82) is 0 Å². The van der Waals surface area contributed by atoms with Gasteiger partial charge in [0, 0.05) is 18.9 Å². The Morgan fingerprint density at radius 3 is 2.62 bits per heavy atom. The number of nitrogens with one attached hydrogen (secondary N) is 1. The molecule has 0 radical (unpaired) electrons. The first-order valence-electron chi connectivity index (χ1n) is 5.62. The molecule has 1 aromatic heterocycles. The van der Waals surface area contributed by atoms with Gasteiger partial charge in [0.25, 0.3) is 0 Å². The van der Waals surface area contributed by atoms with Crippen molar-refractivity contribution in [1.82, 2.24) is 9.97 Å². The van der Waals surface area contributed by atoms with Gasteiger partial charge in [0.2, 0.25) is 0 Å². The van der Waals surface area contributed by atoms with Crippen LogP contribution in [-0.2, 0) is 0 Å². The van der Waals surface area contributed by atoms with Gasteiger partial charge >= 0.3 is 0 Å². The summed E-state index contributed by atoms with van der Waals surface area (Å²) >= 11 is 5.87. The van der Waals surface area contributed by atoms with Crippen LogP contribution < -0.4 is 5.32 Å². The molecule has 16 heavy (non-hydrogen) atoms. The van der Waals surface area contributed by atoms with Gasteiger partial charge in [0.1, 0.15) is 0 Å². The monoisotopic (exact) mass is 241 g/mol. The minimum atomic E-state index is -0.612. The highest BCUT2D eigenvalue weighted by molar-refractivity contribution is 6.31. The molecule has 1 heterocycles. The second-order valence-corrected chi connectivity index (χ2v) is 4.69. The Morgan fingerprint density at radius 1 is 1.25 bits per heavy atom. The lowest BCUT2D eigenvalue weighted by atomic mass is 9.85. The maximum Gasteiger partial charge on any atom is 0.171 e. The maximum atomic E-state index is 10.3. The van der Waals surface area contributed by atoms with Gasteiger partial charge in [0.05, 0.1) is 5.60 Å². The number of aromatic nitrogens is 2. The first-order valence-corrected chi connectivity index (χ1v) is 6.00.